The van der Waals surface area contributed by atoms with E-state index >= 15 is 0 Å². The highest BCUT2D eigenvalue weighted by molar-refractivity contribution is 7.93. The Kier molecular flexibility index (Phi) is 5.24. The molecule has 0 bridgehead atoms. The lowest BCUT2D eigenvalue weighted by Crippen LogP contribution is -2.34. The smallest absolute Gasteiger partial charge is 0.265 e. The van der Waals surface area contributed by atoms with Crippen molar-refractivity contribution < 1.29 is 8.42 Å². The summed E-state index contributed by atoms with van der Waals surface area (Å²) in [6.07, 6.45) is 3.03. The summed E-state index contributed by atoms with van der Waals surface area (Å²) < 4.78 is 28.9. The van der Waals surface area contributed by atoms with Crippen molar-refractivity contribution in [3.63, 3.8) is 0 Å². The van der Waals surface area contributed by atoms with E-state index in [-0.39, 0.29) is 15.6 Å². The average molecular weight is 489 g/mol. The van der Waals surface area contributed by atoms with E-state index in [0.717, 1.165) is 0 Å². The zero-order chi connectivity index (χ0) is 23.9. The SMILES string of the molecule is Cc1c(C#N)c2nc3ccccc3n2c(=O)c1=CNc1ccc(S(=O)(=O)Nc2nccs2)cc1. The highest BCUT2D eigenvalue weighted by Gasteiger charge is 2.17. The molecule has 2 aromatic carbocycles. The summed E-state index contributed by atoms with van der Waals surface area (Å²) in [6.45, 7) is 1.70. The summed E-state index contributed by atoms with van der Waals surface area (Å²) in [5, 5.41) is 15.0. The lowest BCUT2D eigenvalue weighted by Gasteiger charge is -2.07. The Hall–Kier alpha value is -4.27. The molecule has 0 aliphatic carbocycles. The lowest BCUT2D eigenvalue weighted by molar-refractivity contribution is 0.601. The maximum Gasteiger partial charge on any atom is 0.265 e. The molecule has 0 fully saturated rings. The van der Waals surface area contributed by atoms with E-state index in [1.807, 2.05) is 12.1 Å². The van der Waals surface area contributed by atoms with Crippen molar-refractivity contribution in [2.24, 2.45) is 0 Å². The number of nitrogens with one attached hydrogen (secondary N) is 2. The summed E-state index contributed by atoms with van der Waals surface area (Å²) in [7, 11) is -3.76. The van der Waals surface area contributed by atoms with Crippen LogP contribution in [-0.2, 0) is 10.0 Å². The van der Waals surface area contributed by atoms with Crippen LogP contribution in [0.2, 0.25) is 0 Å². The number of anilines is 2. The first-order valence-electron chi connectivity index (χ1n) is 10.0. The van der Waals surface area contributed by atoms with Gasteiger partial charge in [-0.25, -0.2) is 18.4 Å². The van der Waals surface area contributed by atoms with Crippen LogP contribution in [0.15, 0.2) is 69.8 Å². The molecule has 5 aromatic rings. The van der Waals surface area contributed by atoms with Crippen LogP contribution in [0.4, 0.5) is 10.8 Å². The van der Waals surface area contributed by atoms with Gasteiger partial charge in [0, 0.05) is 23.5 Å². The second-order valence-corrected chi connectivity index (χ2v) is 9.92. The summed E-state index contributed by atoms with van der Waals surface area (Å²) in [5.74, 6) is 0. The van der Waals surface area contributed by atoms with Crippen molar-refractivity contribution in [1.29, 1.82) is 5.26 Å². The summed E-state index contributed by atoms with van der Waals surface area (Å²) in [5.41, 5.74) is 2.67. The van der Waals surface area contributed by atoms with Gasteiger partial charge >= 0.3 is 0 Å². The fourth-order valence-electron chi connectivity index (χ4n) is 3.62. The van der Waals surface area contributed by atoms with Gasteiger partial charge in [-0.05, 0) is 48.9 Å². The first-order valence-corrected chi connectivity index (χ1v) is 12.4. The van der Waals surface area contributed by atoms with Crippen molar-refractivity contribution in [2.75, 3.05) is 10.0 Å². The molecule has 11 heteroatoms. The maximum atomic E-state index is 13.3. The van der Waals surface area contributed by atoms with Crippen LogP contribution in [0.1, 0.15) is 11.1 Å². The van der Waals surface area contributed by atoms with E-state index in [1.165, 1.54) is 40.3 Å². The number of thiazole rings is 1. The molecule has 0 atom stereocenters. The van der Waals surface area contributed by atoms with Crippen molar-refractivity contribution in [3.05, 3.63) is 86.8 Å². The van der Waals surface area contributed by atoms with Gasteiger partial charge in [0.1, 0.15) is 6.07 Å². The van der Waals surface area contributed by atoms with Crippen LogP contribution in [0, 0.1) is 18.3 Å². The number of benzene rings is 2. The molecule has 9 nitrogen and oxygen atoms in total. The number of aromatic nitrogens is 3. The number of imidazole rings is 1. The molecular formula is C23H16N6O3S2. The molecular weight excluding hydrogens is 472 g/mol. The summed E-state index contributed by atoms with van der Waals surface area (Å²) >= 11 is 1.18. The number of rotatable bonds is 5. The van der Waals surface area contributed by atoms with Gasteiger partial charge in [-0.1, -0.05) is 12.1 Å². The van der Waals surface area contributed by atoms with Gasteiger partial charge in [0.2, 0.25) is 0 Å². The number of pyridine rings is 1. The Morgan fingerprint density at radius 1 is 1.15 bits per heavy atom. The zero-order valence-corrected chi connectivity index (χ0v) is 19.3. The van der Waals surface area contributed by atoms with Crippen molar-refractivity contribution in [3.8, 4) is 6.07 Å². The fourth-order valence-corrected chi connectivity index (χ4v) is 5.41. The molecule has 0 unspecified atom stereocenters. The number of hydrogen-bond donors (Lipinski definition) is 2. The molecule has 0 saturated heterocycles. The molecule has 0 radical (unpaired) electrons. The molecule has 2 N–H and O–H groups in total. The second-order valence-electron chi connectivity index (χ2n) is 7.35. The summed E-state index contributed by atoms with van der Waals surface area (Å²) in [6, 6.07) is 15.4. The predicted molar refractivity (Wildman–Crippen MR) is 131 cm³/mol. The van der Waals surface area contributed by atoms with E-state index in [4.69, 9.17) is 0 Å². The zero-order valence-electron chi connectivity index (χ0n) is 17.7. The van der Waals surface area contributed by atoms with Crippen molar-refractivity contribution in [1.82, 2.24) is 14.4 Å². The Morgan fingerprint density at radius 3 is 2.62 bits per heavy atom. The predicted octanol–water partition coefficient (Wildman–Crippen LogP) is 2.85. The number of hydrogen-bond acceptors (Lipinski definition) is 8. The van der Waals surface area contributed by atoms with Crippen LogP contribution >= 0.6 is 11.3 Å². The van der Waals surface area contributed by atoms with Crippen LogP contribution in [0.25, 0.3) is 22.9 Å². The number of fused-ring (bicyclic) bond motifs is 3. The van der Waals surface area contributed by atoms with Crippen molar-refractivity contribution in [2.45, 2.75) is 11.8 Å². The molecule has 0 amide bonds. The fraction of sp³-hybridized carbons (Fsp3) is 0.0435. The third-order valence-corrected chi connectivity index (χ3v) is 7.48. The third kappa shape index (κ3) is 3.64. The molecule has 0 aliphatic rings. The highest BCUT2D eigenvalue weighted by Crippen LogP contribution is 2.20. The first-order chi connectivity index (χ1) is 16.4. The summed E-state index contributed by atoms with van der Waals surface area (Å²) in [4.78, 5) is 21.8. The largest absolute Gasteiger partial charge is 0.361 e. The van der Waals surface area contributed by atoms with Crippen LogP contribution < -0.4 is 20.8 Å². The van der Waals surface area contributed by atoms with Gasteiger partial charge < -0.3 is 5.32 Å². The molecule has 0 saturated carbocycles. The minimum Gasteiger partial charge on any atom is -0.361 e. The average Bonchev–Trinajstić information content (AvgIpc) is 3.47. The van der Waals surface area contributed by atoms with E-state index < -0.39 is 10.0 Å². The Balaban J connectivity index is 1.53. The molecule has 0 spiro atoms. The Labute approximate surface area is 197 Å². The van der Waals surface area contributed by atoms with E-state index in [9.17, 15) is 18.5 Å². The van der Waals surface area contributed by atoms with Gasteiger partial charge in [0.15, 0.2) is 10.8 Å². The maximum absolute atomic E-state index is 13.3. The van der Waals surface area contributed by atoms with E-state index in [2.05, 4.69) is 26.1 Å². The first kappa shape index (κ1) is 21.6. The van der Waals surface area contributed by atoms with Gasteiger partial charge in [-0.15, -0.1) is 11.3 Å². The highest BCUT2D eigenvalue weighted by atomic mass is 32.2. The number of nitriles is 1. The lowest BCUT2D eigenvalue weighted by atomic mass is 10.1. The Bertz CT molecular complexity index is 1800. The van der Waals surface area contributed by atoms with Crippen molar-refractivity contribution >= 4 is 55.1 Å². The molecule has 168 valence electrons. The minimum absolute atomic E-state index is 0.0759. The minimum atomic E-state index is -3.76. The number of para-hydroxylation sites is 2. The molecule has 34 heavy (non-hydrogen) atoms. The second kappa shape index (κ2) is 8.26. The van der Waals surface area contributed by atoms with Crippen LogP contribution in [-0.4, -0.2) is 22.8 Å². The normalized spacial score (nSPS) is 12.2. The monoisotopic (exact) mass is 488 g/mol. The van der Waals surface area contributed by atoms with Gasteiger partial charge in [-0.2, -0.15) is 5.26 Å². The van der Waals surface area contributed by atoms with Gasteiger partial charge in [-0.3, -0.25) is 13.9 Å². The molecule has 0 aliphatic heterocycles. The van der Waals surface area contributed by atoms with Crippen LogP contribution in [0.5, 0.6) is 0 Å². The topological polar surface area (TPSA) is 129 Å². The molecule has 5 rings (SSSR count). The Morgan fingerprint density at radius 2 is 1.91 bits per heavy atom. The number of nitrogens with zero attached hydrogens (tertiary/aromatic N) is 4. The van der Waals surface area contributed by atoms with Crippen LogP contribution in [0.3, 0.4) is 0 Å². The standard InChI is InChI=1S/C23H16N6O3S2/c1-14-17(12-24)21-27-19-4-2-3-5-20(19)29(21)22(30)18(14)13-26-15-6-8-16(9-7-15)34(31,32)28-23-25-10-11-33-23/h2-11,13,26H,1H3,(H,25,28). The quantitative estimate of drug-likeness (QED) is 0.389. The third-order valence-electron chi connectivity index (χ3n) is 5.31. The molecule has 3 aromatic heterocycles. The van der Waals surface area contributed by atoms with Gasteiger partial charge in [0.25, 0.3) is 15.6 Å². The van der Waals surface area contributed by atoms with Gasteiger partial charge in [0.05, 0.1) is 26.7 Å². The number of sulfonamides is 1. The van der Waals surface area contributed by atoms with E-state index in [0.29, 0.717) is 38.7 Å². The van der Waals surface area contributed by atoms with E-state index in [1.54, 1.807) is 36.6 Å². The molecule has 3 heterocycles.